The minimum absolute atomic E-state index is 0.136. The van der Waals surface area contributed by atoms with Crippen LogP contribution in [0.15, 0.2) is 0 Å². The SMILES string of the molecule is COC(=O)CC[C@H](C)CO. The molecule has 0 aromatic heterocycles. The lowest BCUT2D eigenvalue weighted by atomic mass is 10.1. The highest BCUT2D eigenvalue weighted by Crippen LogP contribution is 2.03. The van der Waals surface area contributed by atoms with Crippen LogP contribution in [0.5, 0.6) is 0 Å². The Hall–Kier alpha value is -0.570. The average molecular weight is 146 g/mol. The van der Waals surface area contributed by atoms with Gasteiger partial charge in [-0.15, -0.1) is 0 Å². The van der Waals surface area contributed by atoms with Gasteiger partial charge in [0.05, 0.1) is 7.11 Å². The van der Waals surface area contributed by atoms with Gasteiger partial charge in [-0.1, -0.05) is 6.92 Å². The van der Waals surface area contributed by atoms with Crippen molar-refractivity contribution in [2.45, 2.75) is 19.8 Å². The molecule has 1 atom stereocenters. The lowest BCUT2D eigenvalue weighted by Crippen LogP contribution is -2.06. The second-order valence-electron chi connectivity index (χ2n) is 2.40. The molecule has 0 aliphatic heterocycles. The molecule has 1 N–H and O–H groups in total. The Morgan fingerprint density at radius 1 is 1.70 bits per heavy atom. The van der Waals surface area contributed by atoms with Crippen LogP contribution in [-0.4, -0.2) is 24.8 Å². The highest BCUT2D eigenvalue weighted by Gasteiger charge is 2.04. The van der Waals surface area contributed by atoms with Gasteiger partial charge < -0.3 is 9.84 Å². The van der Waals surface area contributed by atoms with Gasteiger partial charge in [-0.3, -0.25) is 4.79 Å². The number of esters is 1. The van der Waals surface area contributed by atoms with Gasteiger partial charge in [-0.05, 0) is 12.3 Å². The Morgan fingerprint density at radius 2 is 2.30 bits per heavy atom. The molecule has 0 bridgehead atoms. The molecule has 0 fully saturated rings. The summed E-state index contributed by atoms with van der Waals surface area (Å²) < 4.78 is 4.42. The first kappa shape index (κ1) is 9.43. The average Bonchev–Trinajstić information content (AvgIpc) is 1.99. The van der Waals surface area contributed by atoms with Crippen LogP contribution in [0.2, 0.25) is 0 Å². The van der Waals surface area contributed by atoms with Crippen LogP contribution in [0, 0.1) is 5.92 Å². The molecule has 0 aliphatic carbocycles. The third-order valence-corrected chi connectivity index (χ3v) is 1.38. The summed E-state index contributed by atoms with van der Waals surface area (Å²) in [6, 6.07) is 0. The fourth-order valence-electron chi connectivity index (χ4n) is 0.558. The molecule has 10 heavy (non-hydrogen) atoms. The lowest BCUT2D eigenvalue weighted by Gasteiger charge is -2.04. The van der Waals surface area contributed by atoms with Crippen molar-refractivity contribution in [3.8, 4) is 0 Å². The van der Waals surface area contributed by atoms with Crippen molar-refractivity contribution >= 4 is 5.97 Å². The zero-order chi connectivity index (χ0) is 7.98. The zero-order valence-electron chi connectivity index (χ0n) is 6.46. The summed E-state index contributed by atoms with van der Waals surface area (Å²) in [6.45, 7) is 2.03. The number of ether oxygens (including phenoxy) is 1. The molecule has 0 aromatic rings. The molecular weight excluding hydrogens is 132 g/mol. The molecule has 0 spiro atoms. The summed E-state index contributed by atoms with van der Waals surface area (Å²) in [6.07, 6.45) is 1.10. The van der Waals surface area contributed by atoms with Gasteiger partial charge in [0.2, 0.25) is 0 Å². The maximum atomic E-state index is 10.5. The van der Waals surface area contributed by atoms with Crippen molar-refractivity contribution in [2.75, 3.05) is 13.7 Å². The fourth-order valence-corrected chi connectivity index (χ4v) is 0.558. The molecule has 0 heterocycles. The van der Waals surface area contributed by atoms with Gasteiger partial charge in [-0.25, -0.2) is 0 Å². The van der Waals surface area contributed by atoms with Crippen LogP contribution in [0.25, 0.3) is 0 Å². The molecule has 0 saturated heterocycles. The van der Waals surface area contributed by atoms with Crippen molar-refractivity contribution in [2.24, 2.45) is 5.92 Å². The first-order valence-corrected chi connectivity index (χ1v) is 3.38. The molecule has 0 rings (SSSR count). The van der Waals surface area contributed by atoms with E-state index >= 15 is 0 Å². The molecule has 0 amide bonds. The first-order valence-electron chi connectivity index (χ1n) is 3.38. The Morgan fingerprint density at radius 3 is 2.70 bits per heavy atom. The highest BCUT2D eigenvalue weighted by atomic mass is 16.5. The van der Waals surface area contributed by atoms with E-state index in [-0.39, 0.29) is 18.5 Å². The zero-order valence-corrected chi connectivity index (χ0v) is 6.46. The van der Waals surface area contributed by atoms with E-state index in [1.807, 2.05) is 6.92 Å². The van der Waals surface area contributed by atoms with Gasteiger partial charge in [0.25, 0.3) is 0 Å². The van der Waals surface area contributed by atoms with Crippen LogP contribution in [0.1, 0.15) is 19.8 Å². The highest BCUT2D eigenvalue weighted by molar-refractivity contribution is 5.69. The number of carbonyl (C=O) groups excluding carboxylic acids is 1. The van der Waals surface area contributed by atoms with Gasteiger partial charge in [-0.2, -0.15) is 0 Å². The normalized spacial score (nSPS) is 12.7. The molecule has 3 nitrogen and oxygen atoms in total. The molecule has 0 aromatic carbocycles. The van der Waals surface area contributed by atoms with Crippen LogP contribution >= 0.6 is 0 Å². The number of methoxy groups -OCH3 is 1. The van der Waals surface area contributed by atoms with E-state index in [1.54, 1.807) is 0 Å². The Labute approximate surface area is 61.0 Å². The standard InChI is InChI=1S/C7H14O3/c1-6(5-8)3-4-7(9)10-2/h6,8H,3-5H2,1-2H3/t6-/m0/s1. The first-order chi connectivity index (χ1) is 4.70. The molecule has 60 valence electrons. The quantitative estimate of drug-likeness (QED) is 0.590. The topological polar surface area (TPSA) is 46.5 Å². The number of rotatable bonds is 4. The number of aliphatic hydroxyl groups excluding tert-OH is 1. The predicted octanol–water partition coefficient (Wildman–Crippen LogP) is 0.568. The molecule has 0 aliphatic rings. The maximum Gasteiger partial charge on any atom is 0.305 e. The monoisotopic (exact) mass is 146 g/mol. The van der Waals surface area contributed by atoms with Gasteiger partial charge >= 0.3 is 5.97 Å². The van der Waals surface area contributed by atoms with Crippen LogP contribution in [-0.2, 0) is 9.53 Å². The Bertz CT molecular complexity index is 101. The summed E-state index contributed by atoms with van der Waals surface area (Å²) in [4.78, 5) is 10.5. The predicted molar refractivity (Wildman–Crippen MR) is 37.5 cm³/mol. The molecule has 0 radical (unpaired) electrons. The van der Waals surface area contributed by atoms with Crippen LogP contribution in [0.3, 0.4) is 0 Å². The summed E-state index contributed by atoms with van der Waals surface area (Å²) in [5.74, 6) is -0.0144. The van der Waals surface area contributed by atoms with E-state index in [4.69, 9.17) is 5.11 Å². The molecule has 3 heteroatoms. The third-order valence-electron chi connectivity index (χ3n) is 1.38. The van der Waals surface area contributed by atoms with E-state index in [2.05, 4.69) is 4.74 Å². The van der Waals surface area contributed by atoms with Gasteiger partial charge in [0, 0.05) is 13.0 Å². The van der Waals surface area contributed by atoms with Gasteiger partial charge in [0.1, 0.15) is 0 Å². The van der Waals surface area contributed by atoms with Crippen molar-refractivity contribution < 1.29 is 14.6 Å². The Balaban J connectivity index is 3.26. The van der Waals surface area contributed by atoms with Crippen LogP contribution < -0.4 is 0 Å². The Kier molecular flexibility index (Phi) is 4.94. The molecular formula is C7H14O3. The van der Waals surface area contributed by atoms with Gasteiger partial charge in [0.15, 0.2) is 0 Å². The number of hydrogen-bond acceptors (Lipinski definition) is 3. The summed E-state index contributed by atoms with van der Waals surface area (Å²) >= 11 is 0. The fraction of sp³-hybridized carbons (Fsp3) is 0.857. The largest absolute Gasteiger partial charge is 0.469 e. The van der Waals surface area contributed by atoms with E-state index in [1.165, 1.54) is 7.11 Å². The number of hydrogen-bond donors (Lipinski definition) is 1. The summed E-state index contributed by atoms with van der Waals surface area (Å²) in [5, 5.41) is 8.57. The second kappa shape index (κ2) is 5.23. The van der Waals surface area contributed by atoms with E-state index in [9.17, 15) is 4.79 Å². The van der Waals surface area contributed by atoms with E-state index < -0.39 is 0 Å². The molecule has 0 saturated carbocycles. The van der Waals surface area contributed by atoms with E-state index in [0.717, 1.165) is 0 Å². The lowest BCUT2D eigenvalue weighted by molar-refractivity contribution is -0.140. The number of carbonyl (C=O) groups is 1. The minimum atomic E-state index is -0.208. The van der Waals surface area contributed by atoms with Crippen LogP contribution in [0.4, 0.5) is 0 Å². The van der Waals surface area contributed by atoms with Crippen molar-refractivity contribution in [1.82, 2.24) is 0 Å². The van der Waals surface area contributed by atoms with Crippen molar-refractivity contribution in [1.29, 1.82) is 0 Å². The third kappa shape index (κ3) is 4.32. The second-order valence-corrected chi connectivity index (χ2v) is 2.40. The van der Waals surface area contributed by atoms with Crippen molar-refractivity contribution in [3.63, 3.8) is 0 Å². The minimum Gasteiger partial charge on any atom is -0.469 e. The van der Waals surface area contributed by atoms with E-state index in [0.29, 0.717) is 12.8 Å². The number of aliphatic hydroxyl groups is 1. The smallest absolute Gasteiger partial charge is 0.305 e. The summed E-state index contributed by atoms with van der Waals surface area (Å²) in [7, 11) is 1.37. The maximum absolute atomic E-state index is 10.5. The summed E-state index contributed by atoms with van der Waals surface area (Å²) in [5.41, 5.74) is 0. The molecule has 0 unspecified atom stereocenters. The van der Waals surface area contributed by atoms with Crippen molar-refractivity contribution in [3.05, 3.63) is 0 Å².